The molecule has 1 N–H and O–H groups in total. The Hall–Kier alpha value is -1.81. The molecule has 3 saturated heterocycles. The van der Waals surface area contributed by atoms with Crippen LogP contribution in [0.4, 0.5) is 0 Å². The zero-order chi connectivity index (χ0) is 16.0. The van der Waals surface area contributed by atoms with Gasteiger partial charge in [-0.1, -0.05) is 18.2 Å². The maximum Gasteiger partial charge on any atom is 0.253 e. The molecular formula is C19H25N3O. The van der Waals surface area contributed by atoms with Crippen LogP contribution >= 0.6 is 0 Å². The summed E-state index contributed by atoms with van der Waals surface area (Å²) in [5, 5.41) is 4.37. The molecular weight excluding hydrogens is 286 g/mol. The number of benzene rings is 1. The van der Waals surface area contributed by atoms with Gasteiger partial charge in [-0.25, -0.2) is 0 Å². The van der Waals surface area contributed by atoms with Crippen LogP contribution in [0.3, 0.4) is 0 Å². The zero-order valence-electron chi connectivity index (χ0n) is 14.0. The summed E-state index contributed by atoms with van der Waals surface area (Å²) in [5.74, 6) is 0.738. The fourth-order valence-electron chi connectivity index (χ4n) is 4.19. The quantitative estimate of drug-likeness (QED) is 0.946. The highest BCUT2D eigenvalue weighted by Gasteiger charge is 2.35. The van der Waals surface area contributed by atoms with Gasteiger partial charge in [-0.3, -0.25) is 4.79 Å². The Balaban J connectivity index is 1.62. The number of rotatable bonds is 3. The second kappa shape index (κ2) is 5.68. The maximum atomic E-state index is 12.9. The number of nitrogens with one attached hydrogen (secondary N) is 1. The van der Waals surface area contributed by atoms with Crippen molar-refractivity contribution >= 4 is 16.8 Å². The van der Waals surface area contributed by atoms with Gasteiger partial charge in [0.1, 0.15) is 0 Å². The van der Waals surface area contributed by atoms with Crippen molar-refractivity contribution in [1.82, 2.24) is 14.8 Å². The summed E-state index contributed by atoms with van der Waals surface area (Å²) >= 11 is 0. The SMILES string of the molecule is CC(C)n1cc(C(=O)N[C@@H]2CN3CCC2CC3)c2ccccc21. The largest absolute Gasteiger partial charge is 0.348 e. The normalized spacial score (nSPS) is 26.8. The van der Waals surface area contributed by atoms with Crippen molar-refractivity contribution in [2.45, 2.75) is 38.8 Å². The van der Waals surface area contributed by atoms with Gasteiger partial charge < -0.3 is 14.8 Å². The zero-order valence-corrected chi connectivity index (χ0v) is 14.0. The molecule has 0 spiro atoms. The number of fused-ring (bicyclic) bond motifs is 4. The first-order valence-corrected chi connectivity index (χ1v) is 8.76. The van der Waals surface area contributed by atoms with Crippen molar-refractivity contribution in [2.24, 2.45) is 5.92 Å². The van der Waals surface area contributed by atoms with Crippen LogP contribution in [0.15, 0.2) is 30.5 Å². The van der Waals surface area contributed by atoms with E-state index in [4.69, 9.17) is 0 Å². The minimum absolute atomic E-state index is 0.0827. The van der Waals surface area contributed by atoms with Gasteiger partial charge in [-0.05, 0) is 51.8 Å². The number of para-hydroxylation sites is 1. The Bertz CT molecular complexity index is 725. The predicted molar refractivity (Wildman–Crippen MR) is 92.7 cm³/mol. The Labute approximate surface area is 137 Å². The monoisotopic (exact) mass is 311 g/mol. The van der Waals surface area contributed by atoms with Gasteiger partial charge in [0.2, 0.25) is 0 Å². The Morgan fingerprint density at radius 3 is 2.61 bits per heavy atom. The molecule has 3 aliphatic rings. The van der Waals surface area contributed by atoms with Crippen LogP contribution in [0.25, 0.3) is 10.9 Å². The lowest BCUT2D eigenvalue weighted by atomic mass is 9.84. The molecule has 4 heterocycles. The van der Waals surface area contributed by atoms with Gasteiger partial charge in [-0.2, -0.15) is 0 Å². The number of hydrogen-bond donors (Lipinski definition) is 1. The number of nitrogens with zero attached hydrogens (tertiary/aromatic N) is 2. The summed E-state index contributed by atoms with van der Waals surface area (Å²) in [6, 6.07) is 8.86. The van der Waals surface area contributed by atoms with Gasteiger partial charge in [0.25, 0.3) is 5.91 Å². The van der Waals surface area contributed by atoms with Gasteiger partial charge in [0, 0.05) is 35.7 Å². The van der Waals surface area contributed by atoms with Crippen LogP contribution in [0.1, 0.15) is 43.1 Å². The fourth-order valence-corrected chi connectivity index (χ4v) is 4.19. The van der Waals surface area contributed by atoms with E-state index in [1.807, 2.05) is 18.3 Å². The highest BCUT2D eigenvalue weighted by Crippen LogP contribution is 2.29. The number of hydrogen-bond acceptors (Lipinski definition) is 2. The first-order chi connectivity index (χ1) is 11.1. The molecule has 2 aromatic rings. The molecule has 2 bridgehead atoms. The Morgan fingerprint density at radius 2 is 1.96 bits per heavy atom. The van der Waals surface area contributed by atoms with Gasteiger partial charge in [-0.15, -0.1) is 0 Å². The van der Waals surface area contributed by atoms with Crippen molar-refractivity contribution in [3.8, 4) is 0 Å². The van der Waals surface area contributed by atoms with Crippen LogP contribution in [0, 0.1) is 5.92 Å². The van der Waals surface area contributed by atoms with Crippen LogP contribution in [-0.4, -0.2) is 41.1 Å². The maximum absolute atomic E-state index is 12.9. The van der Waals surface area contributed by atoms with Gasteiger partial charge in [0.15, 0.2) is 0 Å². The smallest absolute Gasteiger partial charge is 0.253 e. The summed E-state index contributed by atoms with van der Waals surface area (Å²) in [4.78, 5) is 15.4. The Kier molecular flexibility index (Phi) is 3.64. The number of aromatic nitrogens is 1. The third-order valence-electron chi connectivity index (χ3n) is 5.51. The summed E-state index contributed by atoms with van der Waals surface area (Å²) < 4.78 is 2.20. The molecule has 3 aliphatic heterocycles. The summed E-state index contributed by atoms with van der Waals surface area (Å²) in [5.41, 5.74) is 1.95. The van der Waals surface area contributed by atoms with Gasteiger partial charge in [0.05, 0.1) is 5.56 Å². The van der Waals surface area contributed by atoms with E-state index in [2.05, 4.69) is 40.8 Å². The van der Waals surface area contributed by atoms with E-state index in [9.17, 15) is 4.79 Å². The van der Waals surface area contributed by atoms with E-state index < -0.39 is 0 Å². The van der Waals surface area contributed by atoms with Crippen molar-refractivity contribution < 1.29 is 4.79 Å². The molecule has 1 aromatic heterocycles. The molecule has 122 valence electrons. The summed E-state index contributed by atoms with van der Waals surface area (Å²) in [6.07, 6.45) is 4.46. The van der Waals surface area contributed by atoms with E-state index in [0.717, 1.165) is 23.0 Å². The van der Waals surface area contributed by atoms with Crippen molar-refractivity contribution in [3.05, 3.63) is 36.0 Å². The molecule has 0 unspecified atom stereocenters. The topological polar surface area (TPSA) is 37.3 Å². The molecule has 4 nitrogen and oxygen atoms in total. The van der Waals surface area contributed by atoms with E-state index >= 15 is 0 Å². The van der Waals surface area contributed by atoms with E-state index in [-0.39, 0.29) is 5.91 Å². The molecule has 0 radical (unpaired) electrons. The number of amides is 1. The predicted octanol–water partition coefficient (Wildman–Crippen LogP) is 3.05. The minimum Gasteiger partial charge on any atom is -0.348 e. The average Bonchev–Trinajstić information content (AvgIpc) is 2.96. The molecule has 1 amide bonds. The lowest BCUT2D eigenvalue weighted by Crippen LogP contribution is -2.57. The third kappa shape index (κ3) is 2.55. The summed E-state index contributed by atoms with van der Waals surface area (Å²) in [7, 11) is 0. The van der Waals surface area contributed by atoms with Crippen LogP contribution in [0.5, 0.6) is 0 Å². The Morgan fingerprint density at radius 1 is 1.22 bits per heavy atom. The van der Waals surface area contributed by atoms with E-state index in [1.165, 1.54) is 25.9 Å². The van der Waals surface area contributed by atoms with Crippen molar-refractivity contribution in [2.75, 3.05) is 19.6 Å². The molecule has 0 saturated carbocycles. The average molecular weight is 311 g/mol. The highest BCUT2D eigenvalue weighted by atomic mass is 16.1. The van der Waals surface area contributed by atoms with Gasteiger partial charge >= 0.3 is 0 Å². The van der Waals surface area contributed by atoms with Crippen molar-refractivity contribution in [1.29, 1.82) is 0 Å². The van der Waals surface area contributed by atoms with Crippen LogP contribution < -0.4 is 5.32 Å². The molecule has 1 atom stereocenters. The fraction of sp³-hybridized carbons (Fsp3) is 0.526. The molecule has 5 rings (SSSR count). The second-order valence-corrected chi connectivity index (χ2v) is 7.28. The minimum atomic E-state index is 0.0827. The van der Waals surface area contributed by atoms with Crippen LogP contribution in [-0.2, 0) is 0 Å². The molecule has 4 heteroatoms. The lowest BCUT2D eigenvalue weighted by molar-refractivity contribution is 0.0621. The lowest BCUT2D eigenvalue weighted by Gasteiger charge is -2.44. The first-order valence-electron chi connectivity index (χ1n) is 8.76. The standard InChI is InChI=1S/C19H25N3O/c1-13(2)22-11-16(15-5-3-4-6-18(15)22)19(23)20-17-12-21-9-7-14(17)8-10-21/h3-6,11,13-14,17H,7-10,12H2,1-2H3,(H,20,23)/t17-/m1/s1. The highest BCUT2D eigenvalue weighted by molar-refractivity contribution is 6.07. The second-order valence-electron chi connectivity index (χ2n) is 7.28. The van der Waals surface area contributed by atoms with Crippen LogP contribution in [0.2, 0.25) is 0 Å². The van der Waals surface area contributed by atoms with E-state index in [1.54, 1.807) is 0 Å². The molecule has 0 aliphatic carbocycles. The third-order valence-corrected chi connectivity index (χ3v) is 5.51. The summed E-state index contributed by atoms with van der Waals surface area (Å²) in [6.45, 7) is 7.72. The molecule has 3 fully saturated rings. The number of carbonyl (C=O) groups is 1. The number of carbonyl (C=O) groups excluding carboxylic acids is 1. The van der Waals surface area contributed by atoms with E-state index in [0.29, 0.717) is 18.0 Å². The number of piperidine rings is 3. The molecule has 23 heavy (non-hydrogen) atoms. The van der Waals surface area contributed by atoms with Crippen molar-refractivity contribution in [3.63, 3.8) is 0 Å². The molecule has 1 aromatic carbocycles. The first kappa shape index (κ1) is 14.8.